The SMILES string of the molecule is CCC1(CC)CC(NC(=O)c2ccc(C3SCC(=O)N3Cc3ccc(Cl)cc3)cc2)c2ccccc2O1. The topological polar surface area (TPSA) is 58.6 Å². The number of thioether (sulfide) groups is 1. The number of benzene rings is 3. The Kier molecular flexibility index (Phi) is 7.50. The summed E-state index contributed by atoms with van der Waals surface area (Å²) in [5.41, 5.74) is 3.38. The Morgan fingerprint density at radius 2 is 1.76 bits per heavy atom. The first-order valence-electron chi connectivity index (χ1n) is 12.8. The Labute approximate surface area is 227 Å². The minimum absolute atomic E-state index is 0.0858. The molecule has 3 aromatic carbocycles. The number of fused-ring (bicyclic) bond motifs is 1. The zero-order valence-corrected chi connectivity index (χ0v) is 22.6. The first-order chi connectivity index (χ1) is 17.9. The molecule has 2 heterocycles. The number of hydrogen-bond acceptors (Lipinski definition) is 4. The molecule has 5 rings (SSSR count). The quantitative estimate of drug-likeness (QED) is 0.357. The molecule has 5 nitrogen and oxygen atoms in total. The van der Waals surface area contributed by atoms with Crippen molar-refractivity contribution in [3.63, 3.8) is 0 Å². The first kappa shape index (κ1) is 25.7. The molecule has 0 aromatic heterocycles. The molecule has 192 valence electrons. The number of rotatable bonds is 7. The van der Waals surface area contributed by atoms with Gasteiger partial charge in [0.1, 0.15) is 16.7 Å². The van der Waals surface area contributed by atoms with Crippen LogP contribution in [0.4, 0.5) is 0 Å². The van der Waals surface area contributed by atoms with Crippen molar-refractivity contribution in [2.24, 2.45) is 0 Å². The fraction of sp³-hybridized carbons (Fsp3) is 0.333. The van der Waals surface area contributed by atoms with Gasteiger partial charge in [-0.2, -0.15) is 0 Å². The normalized spacial score (nSPS) is 20.3. The molecule has 2 aliphatic heterocycles. The van der Waals surface area contributed by atoms with E-state index in [1.165, 1.54) is 0 Å². The molecule has 1 saturated heterocycles. The number of ether oxygens (including phenoxy) is 1. The van der Waals surface area contributed by atoms with Gasteiger partial charge in [-0.15, -0.1) is 11.8 Å². The molecular weight excluding hydrogens is 504 g/mol. The molecule has 0 saturated carbocycles. The van der Waals surface area contributed by atoms with Gasteiger partial charge in [0.05, 0.1) is 11.8 Å². The van der Waals surface area contributed by atoms with Crippen LogP contribution < -0.4 is 10.1 Å². The summed E-state index contributed by atoms with van der Waals surface area (Å²) in [6.45, 7) is 4.80. The molecule has 1 N–H and O–H groups in total. The van der Waals surface area contributed by atoms with E-state index in [2.05, 4.69) is 19.2 Å². The second kappa shape index (κ2) is 10.8. The highest BCUT2D eigenvalue weighted by molar-refractivity contribution is 8.00. The van der Waals surface area contributed by atoms with Gasteiger partial charge in [0.25, 0.3) is 5.91 Å². The predicted molar refractivity (Wildman–Crippen MR) is 149 cm³/mol. The first-order valence-corrected chi connectivity index (χ1v) is 14.2. The van der Waals surface area contributed by atoms with E-state index >= 15 is 0 Å². The van der Waals surface area contributed by atoms with Crippen LogP contribution >= 0.6 is 23.4 Å². The van der Waals surface area contributed by atoms with Gasteiger partial charge in [0.15, 0.2) is 0 Å². The molecule has 3 aromatic rings. The van der Waals surface area contributed by atoms with Crippen LogP contribution in [0.2, 0.25) is 5.02 Å². The van der Waals surface area contributed by atoms with Crippen molar-refractivity contribution in [3.8, 4) is 5.75 Å². The van der Waals surface area contributed by atoms with Crippen LogP contribution in [0.5, 0.6) is 5.75 Å². The van der Waals surface area contributed by atoms with Gasteiger partial charge in [0, 0.05) is 29.1 Å². The van der Waals surface area contributed by atoms with E-state index in [4.69, 9.17) is 16.3 Å². The Hall–Kier alpha value is -2.96. The number of carbonyl (C=O) groups is 2. The number of nitrogens with zero attached hydrogens (tertiary/aromatic N) is 1. The van der Waals surface area contributed by atoms with Gasteiger partial charge in [-0.25, -0.2) is 0 Å². The van der Waals surface area contributed by atoms with Crippen LogP contribution in [-0.4, -0.2) is 28.1 Å². The molecule has 2 atom stereocenters. The van der Waals surface area contributed by atoms with E-state index in [0.29, 0.717) is 22.9 Å². The van der Waals surface area contributed by atoms with Crippen molar-refractivity contribution in [2.75, 3.05) is 5.75 Å². The van der Waals surface area contributed by atoms with Crippen molar-refractivity contribution in [2.45, 2.75) is 56.7 Å². The number of amides is 2. The van der Waals surface area contributed by atoms with Crippen molar-refractivity contribution in [1.29, 1.82) is 0 Å². The lowest BCUT2D eigenvalue weighted by molar-refractivity contribution is -0.128. The highest BCUT2D eigenvalue weighted by Gasteiger charge is 2.39. The van der Waals surface area contributed by atoms with Gasteiger partial charge >= 0.3 is 0 Å². The maximum absolute atomic E-state index is 13.3. The third-order valence-corrected chi connectivity index (χ3v) is 8.99. The van der Waals surface area contributed by atoms with Crippen LogP contribution in [0.15, 0.2) is 72.8 Å². The van der Waals surface area contributed by atoms with Gasteiger partial charge in [-0.3, -0.25) is 9.59 Å². The average molecular weight is 535 g/mol. The average Bonchev–Trinajstić information content (AvgIpc) is 3.29. The van der Waals surface area contributed by atoms with Gasteiger partial charge < -0.3 is 15.0 Å². The summed E-state index contributed by atoms with van der Waals surface area (Å²) in [7, 11) is 0. The Morgan fingerprint density at radius 1 is 1.05 bits per heavy atom. The number of halogens is 1. The summed E-state index contributed by atoms with van der Waals surface area (Å²) in [6, 6.07) is 23.1. The predicted octanol–water partition coefficient (Wildman–Crippen LogP) is 6.93. The summed E-state index contributed by atoms with van der Waals surface area (Å²) < 4.78 is 6.38. The van der Waals surface area contributed by atoms with Crippen molar-refractivity contribution < 1.29 is 14.3 Å². The smallest absolute Gasteiger partial charge is 0.251 e. The third-order valence-electron chi connectivity index (χ3n) is 7.48. The van der Waals surface area contributed by atoms with Crippen molar-refractivity contribution in [1.82, 2.24) is 10.2 Å². The summed E-state index contributed by atoms with van der Waals surface area (Å²) in [4.78, 5) is 27.8. The maximum atomic E-state index is 13.3. The summed E-state index contributed by atoms with van der Waals surface area (Å²) in [5, 5.41) is 3.85. The Bertz CT molecular complexity index is 1270. The van der Waals surface area contributed by atoms with E-state index in [1.807, 2.05) is 77.7 Å². The molecule has 37 heavy (non-hydrogen) atoms. The molecule has 0 aliphatic carbocycles. The Balaban J connectivity index is 1.31. The lowest BCUT2D eigenvalue weighted by Gasteiger charge is -2.41. The molecule has 0 bridgehead atoms. The van der Waals surface area contributed by atoms with Crippen molar-refractivity contribution in [3.05, 3.63) is 100 Å². The van der Waals surface area contributed by atoms with E-state index in [9.17, 15) is 9.59 Å². The molecule has 2 aliphatic rings. The molecular formula is C30H31ClN2O3S. The highest BCUT2D eigenvalue weighted by atomic mass is 35.5. The zero-order valence-electron chi connectivity index (χ0n) is 21.1. The molecule has 0 spiro atoms. The van der Waals surface area contributed by atoms with Crippen LogP contribution in [-0.2, 0) is 11.3 Å². The van der Waals surface area contributed by atoms with Gasteiger partial charge in [-0.05, 0) is 54.3 Å². The lowest BCUT2D eigenvalue weighted by Crippen LogP contribution is -2.44. The molecule has 0 radical (unpaired) electrons. The molecule has 2 unspecified atom stereocenters. The third kappa shape index (κ3) is 5.36. The minimum atomic E-state index is -0.282. The zero-order chi connectivity index (χ0) is 26.0. The van der Waals surface area contributed by atoms with Crippen molar-refractivity contribution >= 4 is 35.2 Å². The molecule has 1 fully saturated rings. The van der Waals surface area contributed by atoms with Crippen LogP contribution in [0.3, 0.4) is 0 Å². The Morgan fingerprint density at radius 3 is 2.46 bits per heavy atom. The van der Waals surface area contributed by atoms with E-state index in [1.54, 1.807) is 11.8 Å². The van der Waals surface area contributed by atoms with Gasteiger partial charge in [0.2, 0.25) is 5.91 Å². The van der Waals surface area contributed by atoms with E-state index < -0.39 is 0 Å². The molecule has 2 amide bonds. The number of para-hydroxylation sites is 1. The van der Waals surface area contributed by atoms with E-state index in [0.717, 1.165) is 41.7 Å². The summed E-state index contributed by atoms with van der Waals surface area (Å²) in [5.74, 6) is 1.30. The van der Waals surface area contributed by atoms with E-state index in [-0.39, 0.29) is 28.8 Å². The standard InChI is InChI=1S/C30H31ClN2O3S/c1-3-30(4-2)17-25(24-7-5-6-8-26(24)36-30)32-28(35)21-11-13-22(14-12-21)29-33(27(34)19-37-29)18-20-9-15-23(31)16-10-20/h5-16,25,29H,3-4,17-19H2,1-2H3,(H,32,35). The number of hydrogen-bond donors (Lipinski definition) is 1. The van der Waals surface area contributed by atoms with Gasteiger partial charge in [-0.1, -0.05) is 67.9 Å². The highest BCUT2D eigenvalue weighted by Crippen LogP contribution is 2.43. The maximum Gasteiger partial charge on any atom is 0.251 e. The summed E-state index contributed by atoms with van der Waals surface area (Å²) in [6.07, 6.45) is 2.49. The summed E-state index contributed by atoms with van der Waals surface area (Å²) >= 11 is 7.62. The fourth-order valence-electron chi connectivity index (χ4n) is 5.16. The van der Waals surface area contributed by atoms with Crippen LogP contribution in [0.1, 0.15) is 71.6 Å². The van der Waals surface area contributed by atoms with Crippen LogP contribution in [0, 0.1) is 0 Å². The number of nitrogens with one attached hydrogen (secondary N) is 1. The lowest BCUT2D eigenvalue weighted by atomic mass is 9.83. The fourth-order valence-corrected chi connectivity index (χ4v) is 6.47. The number of carbonyl (C=O) groups excluding carboxylic acids is 2. The largest absolute Gasteiger partial charge is 0.487 e. The second-order valence-electron chi connectivity index (χ2n) is 9.69. The second-order valence-corrected chi connectivity index (χ2v) is 11.2. The van der Waals surface area contributed by atoms with Crippen LogP contribution in [0.25, 0.3) is 0 Å². The monoisotopic (exact) mass is 534 g/mol. The minimum Gasteiger partial charge on any atom is -0.487 e. The molecule has 7 heteroatoms.